The molecule has 0 atom stereocenters. The SMILES string of the molecule is O=C(S)c1ccc(Cc2ccccc2)c(Sc2ccccc2)c1Cc1ccccc1. The maximum Gasteiger partial charge on any atom is 0.216 e. The van der Waals surface area contributed by atoms with Gasteiger partial charge in [0.2, 0.25) is 5.12 Å². The first-order chi connectivity index (χ1) is 14.7. The van der Waals surface area contributed by atoms with Crippen LogP contribution in [0, 0.1) is 0 Å². The van der Waals surface area contributed by atoms with E-state index in [0.717, 1.165) is 21.8 Å². The van der Waals surface area contributed by atoms with Gasteiger partial charge in [-0.15, -0.1) is 12.6 Å². The van der Waals surface area contributed by atoms with Crippen LogP contribution in [-0.2, 0) is 12.8 Å². The molecule has 0 spiro atoms. The van der Waals surface area contributed by atoms with Crippen molar-refractivity contribution in [2.45, 2.75) is 22.6 Å². The third kappa shape index (κ3) is 5.05. The third-order valence-corrected chi connectivity index (χ3v) is 6.46. The Labute approximate surface area is 187 Å². The van der Waals surface area contributed by atoms with Gasteiger partial charge in [-0.3, -0.25) is 4.79 Å². The molecule has 0 amide bonds. The predicted octanol–water partition coefficient (Wildman–Crippen LogP) is 7.09. The maximum absolute atomic E-state index is 12.4. The highest BCUT2D eigenvalue weighted by Gasteiger charge is 2.18. The van der Waals surface area contributed by atoms with E-state index in [1.807, 2.05) is 48.5 Å². The molecule has 0 saturated heterocycles. The first-order valence-electron chi connectivity index (χ1n) is 9.89. The highest BCUT2D eigenvalue weighted by molar-refractivity contribution is 7.99. The van der Waals surface area contributed by atoms with E-state index in [4.69, 9.17) is 0 Å². The Hall–Kier alpha value is -2.75. The molecule has 0 saturated carbocycles. The largest absolute Gasteiger partial charge is 0.282 e. The van der Waals surface area contributed by atoms with Crippen molar-refractivity contribution in [1.29, 1.82) is 0 Å². The molecule has 3 heteroatoms. The molecule has 0 bridgehead atoms. The predicted molar refractivity (Wildman–Crippen MR) is 129 cm³/mol. The summed E-state index contributed by atoms with van der Waals surface area (Å²) in [6.45, 7) is 0. The Morgan fingerprint density at radius 2 is 1.20 bits per heavy atom. The van der Waals surface area contributed by atoms with Crippen LogP contribution in [0.1, 0.15) is 32.6 Å². The molecule has 4 rings (SSSR count). The third-order valence-electron chi connectivity index (χ3n) is 5.00. The van der Waals surface area contributed by atoms with E-state index in [-0.39, 0.29) is 5.12 Å². The molecule has 0 unspecified atom stereocenters. The van der Waals surface area contributed by atoms with Gasteiger partial charge in [-0.05, 0) is 53.3 Å². The average Bonchev–Trinajstić information content (AvgIpc) is 2.78. The van der Waals surface area contributed by atoms with Gasteiger partial charge in [-0.25, -0.2) is 0 Å². The van der Waals surface area contributed by atoms with E-state index in [0.29, 0.717) is 12.0 Å². The number of carbonyl (C=O) groups is 1. The summed E-state index contributed by atoms with van der Waals surface area (Å²) < 4.78 is 0. The Morgan fingerprint density at radius 3 is 1.77 bits per heavy atom. The Balaban J connectivity index is 1.84. The van der Waals surface area contributed by atoms with Crippen molar-refractivity contribution in [2.75, 3.05) is 0 Å². The van der Waals surface area contributed by atoms with Crippen molar-refractivity contribution in [3.05, 3.63) is 131 Å². The lowest BCUT2D eigenvalue weighted by atomic mass is 9.95. The van der Waals surface area contributed by atoms with Crippen LogP contribution in [-0.4, -0.2) is 5.12 Å². The summed E-state index contributed by atoms with van der Waals surface area (Å²) in [4.78, 5) is 14.7. The molecule has 0 aliphatic heterocycles. The smallest absolute Gasteiger partial charge is 0.216 e. The molecule has 0 N–H and O–H groups in total. The molecule has 0 aliphatic carbocycles. The monoisotopic (exact) mass is 426 g/mol. The lowest BCUT2D eigenvalue weighted by Gasteiger charge is -2.18. The van der Waals surface area contributed by atoms with Crippen molar-refractivity contribution in [3.63, 3.8) is 0 Å². The Bertz CT molecular complexity index is 1120. The van der Waals surface area contributed by atoms with Gasteiger partial charge in [-0.2, -0.15) is 0 Å². The van der Waals surface area contributed by atoms with Crippen molar-refractivity contribution < 1.29 is 4.79 Å². The van der Waals surface area contributed by atoms with Gasteiger partial charge in [0.15, 0.2) is 0 Å². The van der Waals surface area contributed by atoms with Crippen LogP contribution in [0.5, 0.6) is 0 Å². The van der Waals surface area contributed by atoms with Gasteiger partial charge < -0.3 is 0 Å². The van der Waals surface area contributed by atoms with Crippen LogP contribution >= 0.6 is 24.4 Å². The fraction of sp³-hybridized carbons (Fsp3) is 0.0741. The highest BCUT2D eigenvalue weighted by Crippen LogP contribution is 2.37. The van der Waals surface area contributed by atoms with Crippen LogP contribution in [0.4, 0.5) is 0 Å². The van der Waals surface area contributed by atoms with Crippen LogP contribution in [0.25, 0.3) is 0 Å². The normalized spacial score (nSPS) is 10.7. The summed E-state index contributed by atoms with van der Waals surface area (Å²) in [5.74, 6) is 0. The Kier molecular flexibility index (Phi) is 6.73. The second-order valence-corrected chi connectivity index (χ2v) is 8.61. The van der Waals surface area contributed by atoms with Crippen LogP contribution in [0.3, 0.4) is 0 Å². The summed E-state index contributed by atoms with van der Waals surface area (Å²) in [6.07, 6.45) is 1.51. The summed E-state index contributed by atoms with van der Waals surface area (Å²) in [5, 5.41) is -0.192. The van der Waals surface area contributed by atoms with Crippen molar-refractivity contribution in [1.82, 2.24) is 0 Å². The van der Waals surface area contributed by atoms with E-state index >= 15 is 0 Å². The second-order valence-electron chi connectivity index (χ2n) is 7.12. The number of hydrogen-bond acceptors (Lipinski definition) is 2. The van der Waals surface area contributed by atoms with E-state index in [9.17, 15) is 4.79 Å². The number of hydrogen-bond donors (Lipinski definition) is 1. The second kappa shape index (κ2) is 9.84. The molecule has 4 aromatic rings. The van der Waals surface area contributed by atoms with E-state index < -0.39 is 0 Å². The van der Waals surface area contributed by atoms with E-state index in [1.165, 1.54) is 16.7 Å². The topological polar surface area (TPSA) is 17.1 Å². The Morgan fingerprint density at radius 1 is 0.667 bits per heavy atom. The molecule has 0 aromatic heterocycles. The number of benzene rings is 4. The van der Waals surface area contributed by atoms with Gasteiger partial charge in [0.1, 0.15) is 0 Å². The van der Waals surface area contributed by atoms with Gasteiger partial charge in [-0.1, -0.05) is 96.7 Å². The fourth-order valence-corrected chi connectivity index (χ4v) is 4.86. The molecule has 30 heavy (non-hydrogen) atoms. The number of rotatable bonds is 7. The summed E-state index contributed by atoms with van der Waals surface area (Å²) >= 11 is 5.91. The zero-order chi connectivity index (χ0) is 20.8. The van der Waals surface area contributed by atoms with Gasteiger partial charge in [0.05, 0.1) is 0 Å². The molecule has 4 aromatic carbocycles. The van der Waals surface area contributed by atoms with Crippen LogP contribution in [0.15, 0.2) is 113 Å². The molecule has 1 nitrogen and oxygen atoms in total. The van der Waals surface area contributed by atoms with E-state index in [2.05, 4.69) is 67.2 Å². The molecule has 148 valence electrons. The van der Waals surface area contributed by atoms with Crippen LogP contribution in [0.2, 0.25) is 0 Å². The number of thiol groups is 1. The number of carbonyl (C=O) groups excluding carboxylic acids is 1. The zero-order valence-corrected chi connectivity index (χ0v) is 18.2. The molecular weight excluding hydrogens is 404 g/mol. The van der Waals surface area contributed by atoms with Gasteiger partial charge in [0.25, 0.3) is 0 Å². The van der Waals surface area contributed by atoms with Crippen molar-refractivity contribution in [2.24, 2.45) is 0 Å². The molecule has 0 fully saturated rings. The van der Waals surface area contributed by atoms with Crippen molar-refractivity contribution in [3.8, 4) is 0 Å². The standard InChI is InChI=1S/C27H22OS2/c28-27(29)24-17-16-22(18-20-10-4-1-5-11-20)26(30-23-14-8-3-9-15-23)25(24)19-21-12-6-2-7-13-21/h1-17H,18-19H2,(H,28,29). The van der Waals surface area contributed by atoms with Gasteiger partial charge in [0, 0.05) is 15.4 Å². The molecular formula is C27H22OS2. The summed E-state index contributed by atoms with van der Waals surface area (Å²) in [6, 6.07) is 35.1. The molecule has 0 heterocycles. The average molecular weight is 427 g/mol. The fourth-order valence-electron chi connectivity index (χ4n) is 3.54. The quantitative estimate of drug-likeness (QED) is 0.318. The lowest BCUT2D eigenvalue weighted by molar-refractivity contribution is 0.109. The first kappa shape index (κ1) is 20.5. The van der Waals surface area contributed by atoms with Crippen LogP contribution < -0.4 is 0 Å². The minimum absolute atomic E-state index is 0.192. The first-order valence-corrected chi connectivity index (χ1v) is 11.2. The summed E-state index contributed by atoms with van der Waals surface area (Å²) in [5.41, 5.74) is 5.38. The molecule has 0 radical (unpaired) electrons. The zero-order valence-electron chi connectivity index (χ0n) is 16.5. The van der Waals surface area contributed by atoms with Gasteiger partial charge >= 0.3 is 0 Å². The highest BCUT2D eigenvalue weighted by atomic mass is 32.2. The summed E-state index contributed by atoms with van der Waals surface area (Å²) in [7, 11) is 0. The minimum Gasteiger partial charge on any atom is -0.282 e. The van der Waals surface area contributed by atoms with E-state index in [1.54, 1.807) is 11.8 Å². The maximum atomic E-state index is 12.4. The minimum atomic E-state index is -0.192. The van der Waals surface area contributed by atoms with Crippen molar-refractivity contribution >= 4 is 29.5 Å². The lowest BCUT2D eigenvalue weighted by Crippen LogP contribution is -2.05. The molecule has 0 aliphatic rings.